The van der Waals surface area contributed by atoms with Crippen LogP contribution in [0.5, 0.6) is 0 Å². The zero-order chi connectivity index (χ0) is 21.4. The van der Waals surface area contributed by atoms with E-state index in [1.165, 1.54) is 0 Å². The zero-order valence-corrected chi connectivity index (χ0v) is 18.1. The van der Waals surface area contributed by atoms with Crippen LogP contribution in [0.1, 0.15) is 43.0 Å². The summed E-state index contributed by atoms with van der Waals surface area (Å²) in [6, 6.07) is 14.1. The second kappa shape index (κ2) is 8.11. The van der Waals surface area contributed by atoms with Crippen LogP contribution in [0.2, 0.25) is 0 Å². The predicted octanol–water partition coefficient (Wildman–Crippen LogP) is 2.85. The lowest BCUT2D eigenvalue weighted by Gasteiger charge is -2.47. The van der Waals surface area contributed by atoms with Crippen molar-refractivity contribution in [3.8, 4) is 11.8 Å². The molecule has 1 N–H and O–H groups in total. The smallest absolute Gasteiger partial charge is 0.228 e. The lowest BCUT2D eigenvalue weighted by molar-refractivity contribution is -0.117. The van der Waals surface area contributed by atoms with Gasteiger partial charge in [0, 0.05) is 37.4 Å². The first kappa shape index (κ1) is 20.2. The molecule has 6 rings (SSSR count). The number of nitrogens with zero attached hydrogens (tertiary/aromatic N) is 3. The highest BCUT2D eigenvalue weighted by Crippen LogP contribution is 2.35. The maximum absolute atomic E-state index is 12.4. The third kappa shape index (κ3) is 4.11. The molecule has 0 unspecified atom stereocenters. The number of hydrogen-bond donors (Lipinski definition) is 1. The summed E-state index contributed by atoms with van der Waals surface area (Å²) in [6.45, 7) is 5.55. The summed E-state index contributed by atoms with van der Waals surface area (Å²) in [5.74, 6) is 7.92. The van der Waals surface area contributed by atoms with Crippen LogP contribution in [0.25, 0.3) is 0 Å². The quantitative estimate of drug-likeness (QED) is 0.784. The van der Waals surface area contributed by atoms with Gasteiger partial charge in [0.1, 0.15) is 11.4 Å². The van der Waals surface area contributed by atoms with E-state index < -0.39 is 5.60 Å². The van der Waals surface area contributed by atoms with E-state index in [9.17, 15) is 9.90 Å². The largest absolute Gasteiger partial charge is 0.376 e. The molecule has 1 aromatic carbocycles. The summed E-state index contributed by atoms with van der Waals surface area (Å²) in [6.07, 6.45) is 3.23. The number of carbonyl (C=O) groups excluding carboxylic acids is 1. The molecule has 1 aromatic heterocycles. The predicted molar refractivity (Wildman–Crippen MR) is 121 cm³/mol. The molecular weight excluding hydrogens is 386 g/mol. The van der Waals surface area contributed by atoms with Crippen molar-refractivity contribution in [3.63, 3.8) is 0 Å². The molecule has 0 saturated carbocycles. The van der Waals surface area contributed by atoms with Gasteiger partial charge in [0.25, 0.3) is 0 Å². The molecule has 5 heterocycles. The first-order valence-electron chi connectivity index (χ1n) is 11.3. The monoisotopic (exact) mass is 415 g/mol. The van der Waals surface area contributed by atoms with Gasteiger partial charge in [-0.05, 0) is 49.5 Å². The number of pyridine rings is 1. The number of anilines is 1. The van der Waals surface area contributed by atoms with Gasteiger partial charge in [0.05, 0.1) is 5.69 Å². The highest BCUT2D eigenvalue weighted by molar-refractivity contribution is 5.94. The van der Waals surface area contributed by atoms with Crippen molar-refractivity contribution in [3.05, 3.63) is 59.3 Å². The second-order valence-electron chi connectivity index (χ2n) is 9.36. The minimum Gasteiger partial charge on any atom is -0.376 e. The van der Waals surface area contributed by atoms with E-state index in [0.717, 1.165) is 42.8 Å². The van der Waals surface area contributed by atoms with Crippen molar-refractivity contribution in [2.24, 2.45) is 11.8 Å². The number of aliphatic hydroxyl groups is 1. The Kier molecular flexibility index (Phi) is 5.29. The molecule has 5 heteroatoms. The van der Waals surface area contributed by atoms with Crippen LogP contribution in [-0.4, -0.2) is 52.7 Å². The molecule has 2 aromatic rings. The van der Waals surface area contributed by atoms with Crippen molar-refractivity contribution in [2.75, 3.05) is 31.1 Å². The van der Waals surface area contributed by atoms with Gasteiger partial charge < -0.3 is 5.11 Å². The highest BCUT2D eigenvalue weighted by Gasteiger charge is 2.44. The molecular formula is C26H29N3O2. The minimum absolute atomic E-state index is 0.131. The molecule has 4 saturated heterocycles. The van der Waals surface area contributed by atoms with Crippen LogP contribution in [0.15, 0.2) is 42.5 Å². The van der Waals surface area contributed by atoms with Crippen molar-refractivity contribution >= 4 is 11.7 Å². The van der Waals surface area contributed by atoms with Crippen LogP contribution in [0.3, 0.4) is 0 Å². The van der Waals surface area contributed by atoms with Gasteiger partial charge >= 0.3 is 0 Å². The van der Waals surface area contributed by atoms with Gasteiger partial charge in [-0.1, -0.05) is 49.1 Å². The Morgan fingerprint density at radius 1 is 1.16 bits per heavy atom. The highest BCUT2D eigenvalue weighted by atomic mass is 16.3. The van der Waals surface area contributed by atoms with E-state index in [4.69, 9.17) is 4.98 Å². The minimum atomic E-state index is -0.945. The summed E-state index contributed by atoms with van der Waals surface area (Å²) < 4.78 is 0. The van der Waals surface area contributed by atoms with Crippen LogP contribution in [-0.2, 0) is 11.2 Å². The average Bonchev–Trinajstić information content (AvgIpc) is 3.12. The van der Waals surface area contributed by atoms with Crippen LogP contribution in [0, 0.1) is 23.7 Å². The summed E-state index contributed by atoms with van der Waals surface area (Å²) in [5.41, 5.74) is 1.89. The summed E-state index contributed by atoms with van der Waals surface area (Å²) in [7, 11) is 0. The van der Waals surface area contributed by atoms with Crippen molar-refractivity contribution in [1.29, 1.82) is 0 Å². The number of fused-ring (bicyclic) bond motifs is 3. The fourth-order valence-electron chi connectivity index (χ4n) is 5.14. The molecule has 4 fully saturated rings. The lowest BCUT2D eigenvalue weighted by atomic mass is 9.75. The SMILES string of the molecule is C[C@H]1CC(=O)N(c2ccc(C#C[C@@]3(O)CN4CCC3CC4)c(Cc3ccccc3)n2)C1. The van der Waals surface area contributed by atoms with Crippen LogP contribution < -0.4 is 4.90 Å². The molecule has 31 heavy (non-hydrogen) atoms. The van der Waals surface area contributed by atoms with E-state index >= 15 is 0 Å². The molecule has 160 valence electrons. The van der Waals surface area contributed by atoms with Gasteiger partial charge in [0.15, 0.2) is 0 Å². The van der Waals surface area contributed by atoms with E-state index in [2.05, 4.69) is 35.8 Å². The first-order valence-corrected chi connectivity index (χ1v) is 11.3. The number of aromatic nitrogens is 1. The molecule has 0 aliphatic carbocycles. The van der Waals surface area contributed by atoms with Gasteiger partial charge in [-0.15, -0.1) is 0 Å². The van der Waals surface area contributed by atoms with Crippen molar-refractivity contribution < 1.29 is 9.90 Å². The summed E-state index contributed by atoms with van der Waals surface area (Å²) >= 11 is 0. The van der Waals surface area contributed by atoms with Gasteiger partial charge in [-0.25, -0.2) is 4.98 Å². The number of carbonyl (C=O) groups is 1. The standard InChI is InChI=1S/C26H29N3O2/c1-19-15-25(30)29(17-19)24-8-7-21(23(27-24)16-20-5-3-2-4-6-20)9-12-26(31)18-28-13-10-22(26)11-14-28/h2-8,19,22,31H,10-11,13-18H2,1H3/t19-,26+/m0/s1. The lowest BCUT2D eigenvalue weighted by Crippen LogP contribution is -2.58. The molecule has 0 spiro atoms. The Labute approximate surface area is 184 Å². The Morgan fingerprint density at radius 3 is 2.58 bits per heavy atom. The van der Waals surface area contributed by atoms with Crippen molar-refractivity contribution in [2.45, 2.75) is 38.2 Å². The van der Waals surface area contributed by atoms with Crippen LogP contribution in [0.4, 0.5) is 5.82 Å². The second-order valence-corrected chi connectivity index (χ2v) is 9.36. The van der Waals surface area contributed by atoms with E-state index in [1.807, 2.05) is 30.3 Å². The molecule has 4 aliphatic heterocycles. The Balaban J connectivity index is 1.49. The third-order valence-corrected chi connectivity index (χ3v) is 6.91. The molecule has 0 radical (unpaired) electrons. The molecule has 4 aliphatic rings. The molecule has 5 nitrogen and oxygen atoms in total. The maximum atomic E-state index is 12.4. The van der Waals surface area contributed by atoms with Gasteiger partial charge in [0.2, 0.25) is 5.91 Å². The fourth-order valence-corrected chi connectivity index (χ4v) is 5.14. The number of amides is 1. The average molecular weight is 416 g/mol. The van der Waals surface area contributed by atoms with E-state index in [1.54, 1.807) is 4.90 Å². The van der Waals surface area contributed by atoms with Crippen molar-refractivity contribution in [1.82, 2.24) is 9.88 Å². The number of benzene rings is 1. The topological polar surface area (TPSA) is 56.7 Å². The summed E-state index contributed by atoms with van der Waals surface area (Å²) in [5, 5.41) is 11.2. The van der Waals surface area contributed by atoms with E-state index in [-0.39, 0.29) is 11.8 Å². The number of rotatable bonds is 3. The normalized spacial score (nSPS) is 29.7. The maximum Gasteiger partial charge on any atom is 0.228 e. The molecule has 2 atom stereocenters. The molecule has 2 bridgehead atoms. The zero-order valence-electron chi connectivity index (χ0n) is 18.1. The Bertz CT molecular complexity index is 1030. The Hall–Kier alpha value is -2.68. The summed E-state index contributed by atoms with van der Waals surface area (Å²) in [4.78, 5) is 21.4. The number of hydrogen-bond acceptors (Lipinski definition) is 4. The molecule has 1 amide bonds. The number of piperidine rings is 3. The Morgan fingerprint density at radius 2 is 1.94 bits per heavy atom. The van der Waals surface area contributed by atoms with E-state index in [0.29, 0.717) is 37.7 Å². The van der Waals surface area contributed by atoms with Crippen LogP contribution >= 0.6 is 0 Å². The third-order valence-electron chi connectivity index (χ3n) is 6.91. The van der Waals surface area contributed by atoms with Gasteiger partial charge in [-0.3, -0.25) is 14.6 Å². The first-order chi connectivity index (χ1) is 15.0. The fraction of sp³-hybridized carbons (Fsp3) is 0.462. The van der Waals surface area contributed by atoms with Gasteiger partial charge in [-0.2, -0.15) is 0 Å².